The molecule has 74 valence electrons. The highest BCUT2D eigenvalue weighted by Gasteiger charge is 2.02. The highest BCUT2D eigenvalue weighted by Crippen LogP contribution is 2.30. The number of ether oxygens (including phenoxy) is 1. The summed E-state index contributed by atoms with van der Waals surface area (Å²) < 4.78 is 4.98. The molecule has 0 unspecified atom stereocenters. The molecular weight excluding hydrogens is 202 g/mol. The molecule has 0 saturated heterocycles. The number of aromatic nitrogens is 1. The maximum atomic E-state index is 9.46. The van der Waals surface area contributed by atoms with E-state index in [-0.39, 0.29) is 18.2 Å². The van der Waals surface area contributed by atoms with Crippen LogP contribution in [0, 0.1) is 0 Å². The Hall–Kier alpha value is -1.48. The second kappa shape index (κ2) is 4.15. The first-order valence-electron chi connectivity index (χ1n) is 3.92. The number of phenols is 1. The number of aromatic hydroxyl groups is 1. The third kappa shape index (κ3) is 1.72. The van der Waals surface area contributed by atoms with E-state index in [4.69, 9.17) is 4.74 Å². The number of hydrogen-bond donors (Lipinski definition) is 1. The molecular formula is C10H10ClNO2. The number of benzene rings is 1. The zero-order chi connectivity index (χ0) is 9.26. The minimum atomic E-state index is 0. The Balaban J connectivity index is 0.000000980. The van der Waals surface area contributed by atoms with Crippen LogP contribution in [0.4, 0.5) is 0 Å². The van der Waals surface area contributed by atoms with Gasteiger partial charge >= 0.3 is 0 Å². The Morgan fingerprint density at radius 1 is 1.29 bits per heavy atom. The van der Waals surface area contributed by atoms with Crippen molar-refractivity contribution in [1.82, 2.24) is 4.98 Å². The molecule has 2 rings (SSSR count). The van der Waals surface area contributed by atoms with Crippen molar-refractivity contribution in [2.45, 2.75) is 0 Å². The van der Waals surface area contributed by atoms with Crippen molar-refractivity contribution in [3.63, 3.8) is 0 Å². The molecule has 0 bridgehead atoms. The van der Waals surface area contributed by atoms with Gasteiger partial charge in [-0.05, 0) is 23.6 Å². The first kappa shape index (κ1) is 10.6. The molecule has 0 amide bonds. The molecule has 0 aliphatic carbocycles. The second-order valence-corrected chi connectivity index (χ2v) is 2.75. The molecule has 1 N–H and O–H groups in total. The van der Waals surface area contributed by atoms with Gasteiger partial charge in [0.25, 0.3) is 0 Å². The van der Waals surface area contributed by atoms with E-state index in [1.807, 2.05) is 6.07 Å². The van der Waals surface area contributed by atoms with Gasteiger partial charge in [0.1, 0.15) is 0 Å². The van der Waals surface area contributed by atoms with Crippen LogP contribution in [0.25, 0.3) is 10.8 Å². The highest BCUT2D eigenvalue weighted by molar-refractivity contribution is 5.85. The summed E-state index contributed by atoms with van der Waals surface area (Å²) in [7, 11) is 1.53. The van der Waals surface area contributed by atoms with Gasteiger partial charge in [0.15, 0.2) is 11.5 Å². The van der Waals surface area contributed by atoms with Gasteiger partial charge in [-0.3, -0.25) is 4.98 Å². The number of rotatable bonds is 1. The first-order chi connectivity index (χ1) is 6.31. The second-order valence-electron chi connectivity index (χ2n) is 2.75. The average Bonchev–Trinajstić information content (AvgIpc) is 2.17. The van der Waals surface area contributed by atoms with Crippen molar-refractivity contribution in [2.75, 3.05) is 7.11 Å². The van der Waals surface area contributed by atoms with E-state index in [1.54, 1.807) is 24.5 Å². The molecule has 0 atom stereocenters. The molecule has 14 heavy (non-hydrogen) atoms. The quantitative estimate of drug-likeness (QED) is 0.788. The van der Waals surface area contributed by atoms with Crippen molar-refractivity contribution in [3.8, 4) is 11.5 Å². The fourth-order valence-electron chi connectivity index (χ4n) is 1.27. The van der Waals surface area contributed by atoms with Crippen LogP contribution in [0.5, 0.6) is 11.5 Å². The fraction of sp³-hybridized carbons (Fsp3) is 0.100. The fourth-order valence-corrected chi connectivity index (χ4v) is 1.27. The molecule has 0 radical (unpaired) electrons. The Labute approximate surface area is 87.8 Å². The van der Waals surface area contributed by atoms with Crippen molar-refractivity contribution in [3.05, 3.63) is 30.6 Å². The Kier molecular flexibility index (Phi) is 3.14. The molecule has 0 aliphatic rings. The summed E-state index contributed by atoms with van der Waals surface area (Å²) >= 11 is 0. The number of phenolic OH excluding ortho intramolecular Hbond substituents is 1. The zero-order valence-corrected chi connectivity index (χ0v) is 8.41. The predicted octanol–water partition coefficient (Wildman–Crippen LogP) is 2.37. The molecule has 1 aromatic heterocycles. The largest absolute Gasteiger partial charge is 0.504 e. The van der Waals surface area contributed by atoms with E-state index in [0.717, 1.165) is 10.8 Å². The van der Waals surface area contributed by atoms with Crippen LogP contribution in [0.15, 0.2) is 30.6 Å². The molecule has 2 aromatic rings. The molecule has 1 aromatic carbocycles. The Bertz CT molecular complexity index is 445. The number of pyridine rings is 1. The van der Waals surface area contributed by atoms with Crippen molar-refractivity contribution in [1.29, 1.82) is 0 Å². The van der Waals surface area contributed by atoms with Gasteiger partial charge in [0, 0.05) is 17.8 Å². The molecule has 0 aliphatic heterocycles. The lowest BCUT2D eigenvalue weighted by Crippen LogP contribution is -1.84. The minimum absolute atomic E-state index is 0. The lowest BCUT2D eigenvalue weighted by molar-refractivity contribution is 0.374. The van der Waals surface area contributed by atoms with Gasteiger partial charge in [0.2, 0.25) is 0 Å². The van der Waals surface area contributed by atoms with E-state index < -0.39 is 0 Å². The average molecular weight is 212 g/mol. The summed E-state index contributed by atoms with van der Waals surface area (Å²) in [5.41, 5.74) is 0. The van der Waals surface area contributed by atoms with Crippen molar-refractivity contribution in [2.24, 2.45) is 0 Å². The number of hydrogen-bond acceptors (Lipinski definition) is 3. The van der Waals surface area contributed by atoms with Gasteiger partial charge in [-0.2, -0.15) is 0 Å². The summed E-state index contributed by atoms with van der Waals surface area (Å²) in [6.07, 6.45) is 3.41. The van der Waals surface area contributed by atoms with Gasteiger partial charge in [-0.1, -0.05) is 0 Å². The Morgan fingerprint density at radius 3 is 2.79 bits per heavy atom. The number of fused-ring (bicyclic) bond motifs is 1. The third-order valence-electron chi connectivity index (χ3n) is 1.94. The summed E-state index contributed by atoms with van der Waals surface area (Å²) in [5.74, 6) is 0.627. The number of halogens is 1. The van der Waals surface area contributed by atoms with Crippen LogP contribution in [0.1, 0.15) is 0 Å². The van der Waals surface area contributed by atoms with Crippen LogP contribution in [0.3, 0.4) is 0 Å². The van der Waals surface area contributed by atoms with E-state index in [0.29, 0.717) is 5.75 Å². The van der Waals surface area contributed by atoms with E-state index >= 15 is 0 Å². The van der Waals surface area contributed by atoms with Crippen LogP contribution in [-0.4, -0.2) is 17.2 Å². The molecule has 4 heteroatoms. The van der Waals surface area contributed by atoms with E-state index in [2.05, 4.69) is 4.98 Å². The summed E-state index contributed by atoms with van der Waals surface area (Å²) in [5, 5.41) is 11.4. The molecule has 0 spiro atoms. The zero-order valence-electron chi connectivity index (χ0n) is 7.60. The summed E-state index contributed by atoms with van der Waals surface area (Å²) in [4.78, 5) is 3.96. The van der Waals surface area contributed by atoms with Crippen molar-refractivity contribution >= 4 is 23.2 Å². The summed E-state index contributed by atoms with van der Waals surface area (Å²) in [6, 6.07) is 5.30. The highest BCUT2D eigenvalue weighted by atomic mass is 35.5. The van der Waals surface area contributed by atoms with Gasteiger partial charge in [-0.25, -0.2) is 0 Å². The number of nitrogens with zero attached hydrogens (tertiary/aromatic N) is 1. The van der Waals surface area contributed by atoms with Crippen molar-refractivity contribution < 1.29 is 9.84 Å². The van der Waals surface area contributed by atoms with Gasteiger partial charge in [0.05, 0.1) is 7.11 Å². The molecule has 3 nitrogen and oxygen atoms in total. The number of methoxy groups -OCH3 is 1. The minimum Gasteiger partial charge on any atom is -0.504 e. The predicted molar refractivity (Wildman–Crippen MR) is 57.2 cm³/mol. The first-order valence-corrected chi connectivity index (χ1v) is 3.92. The van der Waals surface area contributed by atoms with Gasteiger partial charge < -0.3 is 9.84 Å². The SMILES string of the molecule is COc1cc2ccncc2cc1O.Cl. The van der Waals surface area contributed by atoms with Gasteiger partial charge in [-0.15, -0.1) is 12.4 Å². The van der Waals surface area contributed by atoms with E-state index in [1.165, 1.54) is 7.11 Å². The van der Waals surface area contributed by atoms with Crippen LogP contribution < -0.4 is 4.74 Å². The maximum Gasteiger partial charge on any atom is 0.161 e. The van der Waals surface area contributed by atoms with Crippen LogP contribution in [0.2, 0.25) is 0 Å². The monoisotopic (exact) mass is 211 g/mol. The third-order valence-corrected chi connectivity index (χ3v) is 1.94. The summed E-state index contributed by atoms with van der Waals surface area (Å²) in [6.45, 7) is 0. The normalized spacial score (nSPS) is 9.50. The topological polar surface area (TPSA) is 42.4 Å². The van der Waals surface area contributed by atoms with E-state index in [9.17, 15) is 5.11 Å². The molecule has 1 heterocycles. The lowest BCUT2D eigenvalue weighted by atomic mass is 10.1. The Morgan fingerprint density at radius 2 is 2.07 bits per heavy atom. The lowest BCUT2D eigenvalue weighted by Gasteiger charge is -2.04. The molecule has 0 fully saturated rings. The standard InChI is InChI=1S/C10H9NO2.ClH/c1-13-10-5-7-2-3-11-6-8(7)4-9(10)12;/h2-6,12H,1H3;1H. The smallest absolute Gasteiger partial charge is 0.161 e. The van der Waals surface area contributed by atoms with Crippen LogP contribution >= 0.6 is 12.4 Å². The molecule has 0 saturated carbocycles. The maximum absolute atomic E-state index is 9.46. The van der Waals surface area contributed by atoms with Crippen LogP contribution in [-0.2, 0) is 0 Å².